The zero-order chi connectivity index (χ0) is 20.1. The maximum atomic E-state index is 12.6. The lowest BCUT2D eigenvalue weighted by atomic mass is 10.1. The molecule has 2 rings (SSSR count). The third kappa shape index (κ3) is 4.73. The normalized spacial score (nSPS) is 10.6. The van der Waals surface area contributed by atoms with Crippen LogP contribution in [0.15, 0.2) is 18.2 Å². The van der Waals surface area contributed by atoms with E-state index in [1.165, 1.54) is 36.6 Å². The van der Waals surface area contributed by atoms with Gasteiger partial charge in [0.1, 0.15) is 5.00 Å². The Balaban J connectivity index is 2.30. The van der Waals surface area contributed by atoms with E-state index in [0.717, 1.165) is 10.4 Å². The molecule has 2 aromatic rings. The van der Waals surface area contributed by atoms with E-state index in [9.17, 15) is 18.4 Å². The Hall–Kier alpha value is -2.68. The first-order valence-electron chi connectivity index (χ1n) is 7.99. The molecule has 0 fully saturated rings. The Morgan fingerprint density at radius 1 is 1.22 bits per heavy atom. The maximum Gasteiger partial charge on any atom is 0.387 e. The number of carbonyl (C=O) groups is 2. The minimum Gasteiger partial charge on any atom is -0.493 e. The third-order valence-electron chi connectivity index (χ3n) is 3.73. The lowest BCUT2D eigenvalue weighted by molar-refractivity contribution is -0.0512. The topological polar surface area (TPSA) is 73.9 Å². The van der Waals surface area contributed by atoms with Gasteiger partial charge in [0, 0.05) is 10.4 Å². The number of esters is 1. The van der Waals surface area contributed by atoms with E-state index in [2.05, 4.69) is 10.1 Å². The molecule has 9 heteroatoms. The quantitative estimate of drug-likeness (QED) is 0.699. The number of rotatable bonds is 7. The number of hydrogen-bond acceptors (Lipinski definition) is 6. The highest BCUT2D eigenvalue weighted by molar-refractivity contribution is 7.16. The zero-order valence-electron chi connectivity index (χ0n) is 15.2. The molecule has 1 aromatic carbocycles. The highest BCUT2D eigenvalue weighted by Crippen LogP contribution is 2.34. The molecule has 0 atom stereocenters. The minimum atomic E-state index is -3.01. The number of nitrogens with one attached hydrogen (secondary N) is 1. The van der Waals surface area contributed by atoms with Crippen LogP contribution in [-0.2, 0) is 4.74 Å². The highest BCUT2D eigenvalue weighted by Gasteiger charge is 2.23. The number of hydrogen-bond donors (Lipinski definition) is 1. The van der Waals surface area contributed by atoms with Crippen LogP contribution in [0.25, 0.3) is 0 Å². The van der Waals surface area contributed by atoms with Crippen LogP contribution in [0, 0.1) is 13.8 Å². The number of amides is 1. The Kier molecular flexibility index (Phi) is 6.73. The van der Waals surface area contributed by atoms with Crippen molar-refractivity contribution in [3.8, 4) is 11.5 Å². The first-order chi connectivity index (χ1) is 12.8. The largest absolute Gasteiger partial charge is 0.493 e. The molecule has 27 heavy (non-hydrogen) atoms. The summed E-state index contributed by atoms with van der Waals surface area (Å²) in [7, 11) is 1.28. The van der Waals surface area contributed by atoms with Gasteiger partial charge in [0.25, 0.3) is 5.91 Å². The second kappa shape index (κ2) is 8.81. The lowest BCUT2D eigenvalue weighted by Gasteiger charge is -2.12. The van der Waals surface area contributed by atoms with Crippen LogP contribution >= 0.6 is 11.3 Å². The van der Waals surface area contributed by atoms with Gasteiger partial charge >= 0.3 is 12.6 Å². The van der Waals surface area contributed by atoms with Gasteiger partial charge in [0.2, 0.25) is 0 Å². The number of ether oxygens (including phenoxy) is 3. The Morgan fingerprint density at radius 2 is 1.93 bits per heavy atom. The first-order valence-corrected chi connectivity index (χ1v) is 8.81. The second-order valence-corrected chi connectivity index (χ2v) is 6.63. The van der Waals surface area contributed by atoms with Crippen molar-refractivity contribution in [1.82, 2.24) is 0 Å². The Bertz CT molecular complexity index is 851. The fraction of sp³-hybridized carbons (Fsp3) is 0.333. The van der Waals surface area contributed by atoms with E-state index >= 15 is 0 Å². The van der Waals surface area contributed by atoms with Crippen molar-refractivity contribution >= 4 is 28.2 Å². The molecule has 0 aliphatic carbocycles. The summed E-state index contributed by atoms with van der Waals surface area (Å²) in [4.78, 5) is 25.6. The molecular weight excluding hydrogens is 380 g/mol. The maximum absolute atomic E-state index is 12.6. The van der Waals surface area contributed by atoms with Gasteiger partial charge in [-0.1, -0.05) is 0 Å². The van der Waals surface area contributed by atoms with E-state index in [1.807, 2.05) is 6.92 Å². The van der Waals surface area contributed by atoms with Gasteiger partial charge in [0.15, 0.2) is 11.5 Å². The standard InChI is InChI=1S/C18H19F2NO5S/c1-5-25-17(23)14-9(2)10(3)27-16(14)21-15(22)11-6-7-12(26-18(19)20)13(8-11)24-4/h6-8,18H,5H2,1-4H3,(H,21,22). The molecule has 1 N–H and O–H groups in total. The molecular formula is C18H19F2NO5S. The molecule has 6 nitrogen and oxygen atoms in total. The fourth-order valence-corrected chi connectivity index (χ4v) is 3.39. The van der Waals surface area contributed by atoms with Crippen LogP contribution in [0.2, 0.25) is 0 Å². The van der Waals surface area contributed by atoms with Crippen LogP contribution < -0.4 is 14.8 Å². The number of benzene rings is 1. The van der Waals surface area contributed by atoms with E-state index in [1.54, 1.807) is 13.8 Å². The molecule has 1 heterocycles. The summed E-state index contributed by atoms with van der Waals surface area (Å²) in [6.07, 6.45) is 0. The molecule has 0 aliphatic heterocycles. The van der Waals surface area contributed by atoms with Gasteiger partial charge in [-0.05, 0) is 44.5 Å². The molecule has 146 valence electrons. The summed E-state index contributed by atoms with van der Waals surface area (Å²) in [5, 5.41) is 3.03. The highest BCUT2D eigenvalue weighted by atomic mass is 32.1. The van der Waals surface area contributed by atoms with Crippen LogP contribution in [-0.4, -0.2) is 32.2 Å². The summed E-state index contributed by atoms with van der Waals surface area (Å²) in [6, 6.07) is 3.83. The van der Waals surface area contributed by atoms with Crippen LogP contribution in [0.5, 0.6) is 11.5 Å². The van der Waals surface area contributed by atoms with Crippen molar-refractivity contribution in [1.29, 1.82) is 0 Å². The summed E-state index contributed by atoms with van der Waals surface area (Å²) in [5.74, 6) is -1.23. The molecule has 1 aromatic heterocycles. The van der Waals surface area contributed by atoms with Crippen molar-refractivity contribution in [2.24, 2.45) is 0 Å². The van der Waals surface area contributed by atoms with E-state index in [4.69, 9.17) is 9.47 Å². The van der Waals surface area contributed by atoms with Crippen molar-refractivity contribution in [3.63, 3.8) is 0 Å². The van der Waals surface area contributed by atoms with Crippen molar-refractivity contribution < 1.29 is 32.6 Å². The minimum absolute atomic E-state index is 0.00731. The number of anilines is 1. The number of halogens is 2. The van der Waals surface area contributed by atoms with Crippen LogP contribution in [0.3, 0.4) is 0 Å². The van der Waals surface area contributed by atoms with Gasteiger partial charge < -0.3 is 19.5 Å². The molecule has 0 aliphatic rings. The molecule has 0 unspecified atom stereocenters. The Morgan fingerprint density at radius 3 is 2.52 bits per heavy atom. The van der Waals surface area contributed by atoms with Gasteiger partial charge in [-0.15, -0.1) is 11.3 Å². The predicted octanol–water partition coefficient (Wildman–Crippen LogP) is 4.40. The predicted molar refractivity (Wildman–Crippen MR) is 97.3 cm³/mol. The molecule has 0 bridgehead atoms. The molecule has 0 saturated heterocycles. The summed E-state index contributed by atoms with van der Waals surface area (Å²) in [5.41, 5.74) is 1.19. The van der Waals surface area contributed by atoms with Crippen molar-refractivity contribution in [2.75, 3.05) is 19.0 Å². The second-order valence-electron chi connectivity index (χ2n) is 5.41. The smallest absolute Gasteiger partial charge is 0.387 e. The monoisotopic (exact) mass is 399 g/mol. The number of carbonyl (C=O) groups excluding carboxylic acids is 2. The zero-order valence-corrected chi connectivity index (χ0v) is 16.0. The number of thiophene rings is 1. The SMILES string of the molecule is CCOC(=O)c1c(NC(=O)c2ccc(OC(F)F)c(OC)c2)sc(C)c1C. The van der Waals surface area contributed by atoms with E-state index < -0.39 is 18.5 Å². The average Bonchev–Trinajstić information content (AvgIpc) is 2.88. The number of alkyl halides is 2. The lowest BCUT2D eigenvalue weighted by Crippen LogP contribution is -2.15. The van der Waals surface area contributed by atoms with Crippen molar-refractivity contribution in [3.05, 3.63) is 39.8 Å². The average molecular weight is 399 g/mol. The van der Waals surface area contributed by atoms with E-state index in [-0.39, 0.29) is 23.7 Å². The fourth-order valence-electron chi connectivity index (χ4n) is 2.34. The summed E-state index contributed by atoms with van der Waals surface area (Å²) in [6.45, 7) is 2.50. The third-order valence-corrected chi connectivity index (χ3v) is 4.86. The molecule has 1 amide bonds. The van der Waals surface area contributed by atoms with Gasteiger partial charge in [-0.25, -0.2) is 4.79 Å². The van der Waals surface area contributed by atoms with Crippen molar-refractivity contribution in [2.45, 2.75) is 27.4 Å². The Labute approximate surface area is 159 Å². The molecule has 0 radical (unpaired) electrons. The summed E-state index contributed by atoms with van der Waals surface area (Å²) < 4.78 is 39.2. The van der Waals surface area contributed by atoms with E-state index in [0.29, 0.717) is 10.6 Å². The van der Waals surface area contributed by atoms with Gasteiger partial charge in [0.05, 0.1) is 19.3 Å². The summed E-state index contributed by atoms with van der Waals surface area (Å²) >= 11 is 1.25. The number of methoxy groups -OCH3 is 1. The first kappa shape index (κ1) is 20.6. The molecule has 0 saturated carbocycles. The molecule has 0 spiro atoms. The van der Waals surface area contributed by atoms with Crippen LogP contribution in [0.4, 0.5) is 13.8 Å². The number of aryl methyl sites for hydroxylation is 1. The van der Waals surface area contributed by atoms with Gasteiger partial charge in [-0.3, -0.25) is 4.79 Å². The van der Waals surface area contributed by atoms with Crippen LogP contribution in [0.1, 0.15) is 38.1 Å². The van der Waals surface area contributed by atoms with Gasteiger partial charge in [-0.2, -0.15) is 8.78 Å².